The molecule has 2 nitrogen and oxygen atoms in total. The molecular formula is C13H10Cl2FNO. The Labute approximate surface area is 114 Å². The van der Waals surface area contributed by atoms with E-state index in [0.29, 0.717) is 27.1 Å². The molecule has 0 saturated carbocycles. The van der Waals surface area contributed by atoms with Crippen molar-refractivity contribution in [1.29, 1.82) is 0 Å². The molecule has 0 aromatic heterocycles. The van der Waals surface area contributed by atoms with E-state index in [1.54, 1.807) is 25.1 Å². The fraction of sp³-hybridized carbons (Fsp3) is 0.0769. The van der Waals surface area contributed by atoms with Crippen LogP contribution in [0.4, 0.5) is 10.1 Å². The molecule has 2 aromatic rings. The van der Waals surface area contributed by atoms with Gasteiger partial charge in [0, 0.05) is 12.1 Å². The molecule has 0 bridgehead atoms. The molecule has 0 heterocycles. The summed E-state index contributed by atoms with van der Waals surface area (Å²) in [6, 6.07) is 7.61. The Bertz CT molecular complexity index is 602. The van der Waals surface area contributed by atoms with Gasteiger partial charge in [-0.05, 0) is 30.7 Å². The topological polar surface area (TPSA) is 35.2 Å². The van der Waals surface area contributed by atoms with Gasteiger partial charge >= 0.3 is 0 Å². The highest BCUT2D eigenvalue weighted by molar-refractivity contribution is 6.42. The summed E-state index contributed by atoms with van der Waals surface area (Å²) >= 11 is 11.7. The van der Waals surface area contributed by atoms with Gasteiger partial charge in [0.2, 0.25) is 0 Å². The van der Waals surface area contributed by atoms with Crippen LogP contribution in [0.2, 0.25) is 10.0 Å². The average Bonchev–Trinajstić information content (AvgIpc) is 2.31. The number of nitrogen functional groups attached to an aromatic ring is 1. The van der Waals surface area contributed by atoms with Crippen molar-refractivity contribution in [3.63, 3.8) is 0 Å². The lowest BCUT2D eigenvalue weighted by Gasteiger charge is -2.10. The van der Waals surface area contributed by atoms with Gasteiger partial charge < -0.3 is 10.5 Å². The van der Waals surface area contributed by atoms with Crippen LogP contribution in [0.1, 0.15) is 5.56 Å². The first-order valence-electron chi connectivity index (χ1n) is 5.16. The maximum Gasteiger partial charge on any atom is 0.150 e. The van der Waals surface area contributed by atoms with Gasteiger partial charge in [-0.15, -0.1) is 0 Å². The third-order valence-electron chi connectivity index (χ3n) is 2.41. The summed E-state index contributed by atoms with van der Waals surface area (Å²) in [6.07, 6.45) is 0. The van der Waals surface area contributed by atoms with Crippen molar-refractivity contribution in [2.45, 2.75) is 6.92 Å². The third-order valence-corrected chi connectivity index (χ3v) is 3.15. The Morgan fingerprint density at radius 3 is 2.50 bits per heavy atom. The summed E-state index contributed by atoms with van der Waals surface area (Å²) in [5, 5.41) is 0.818. The summed E-state index contributed by atoms with van der Waals surface area (Å²) in [7, 11) is 0. The van der Waals surface area contributed by atoms with E-state index in [0.717, 1.165) is 0 Å². The lowest BCUT2D eigenvalue weighted by atomic mass is 10.2. The first-order valence-corrected chi connectivity index (χ1v) is 5.91. The molecule has 2 rings (SSSR count). The number of hydrogen-bond donors (Lipinski definition) is 1. The van der Waals surface area contributed by atoms with E-state index in [2.05, 4.69) is 0 Å². The summed E-state index contributed by atoms with van der Waals surface area (Å²) in [5.74, 6) is 0.503. The van der Waals surface area contributed by atoms with Crippen molar-refractivity contribution in [3.05, 3.63) is 51.8 Å². The second kappa shape index (κ2) is 5.04. The molecule has 18 heavy (non-hydrogen) atoms. The highest BCUT2D eigenvalue weighted by Crippen LogP contribution is 2.33. The normalized spacial score (nSPS) is 10.4. The van der Waals surface area contributed by atoms with Crippen LogP contribution in [0, 0.1) is 12.7 Å². The third kappa shape index (κ3) is 2.68. The van der Waals surface area contributed by atoms with Gasteiger partial charge in [0.1, 0.15) is 11.6 Å². The molecule has 0 aliphatic rings. The van der Waals surface area contributed by atoms with Crippen molar-refractivity contribution in [2.24, 2.45) is 0 Å². The first kappa shape index (κ1) is 13.0. The molecule has 0 amide bonds. The van der Waals surface area contributed by atoms with Crippen LogP contribution in [0.15, 0.2) is 30.3 Å². The molecule has 0 atom stereocenters. The minimum Gasteiger partial charge on any atom is -0.455 e. The number of aryl methyl sites for hydroxylation is 1. The number of halogens is 3. The smallest absolute Gasteiger partial charge is 0.150 e. The van der Waals surface area contributed by atoms with Crippen LogP contribution < -0.4 is 10.5 Å². The lowest BCUT2D eigenvalue weighted by molar-refractivity contribution is 0.482. The fourth-order valence-corrected chi connectivity index (χ4v) is 1.71. The molecule has 0 saturated heterocycles. The predicted molar refractivity (Wildman–Crippen MR) is 72.1 cm³/mol. The van der Waals surface area contributed by atoms with Crippen molar-refractivity contribution in [3.8, 4) is 11.5 Å². The Balaban J connectivity index is 2.34. The molecule has 0 unspecified atom stereocenters. The molecule has 5 heteroatoms. The van der Waals surface area contributed by atoms with E-state index in [4.69, 9.17) is 33.7 Å². The second-order valence-electron chi connectivity index (χ2n) is 3.82. The maximum absolute atomic E-state index is 13.2. The van der Waals surface area contributed by atoms with E-state index >= 15 is 0 Å². The summed E-state index contributed by atoms with van der Waals surface area (Å²) < 4.78 is 18.8. The summed E-state index contributed by atoms with van der Waals surface area (Å²) in [4.78, 5) is 0. The van der Waals surface area contributed by atoms with Gasteiger partial charge in [-0.1, -0.05) is 23.2 Å². The number of anilines is 1. The van der Waals surface area contributed by atoms with E-state index in [-0.39, 0.29) is 11.5 Å². The molecule has 0 aliphatic heterocycles. The molecular weight excluding hydrogens is 276 g/mol. The molecule has 2 N–H and O–H groups in total. The molecule has 0 fully saturated rings. The molecule has 0 aliphatic carbocycles. The highest BCUT2D eigenvalue weighted by atomic mass is 35.5. The maximum atomic E-state index is 13.2. The number of ether oxygens (including phenoxy) is 1. The van der Waals surface area contributed by atoms with Gasteiger partial charge in [0.15, 0.2) is 5.75 Å². The fourth-order valence-electron chi connectivity index (χ4n) is 1.43. The van der Waals surface area contributed by atoms with Crippen molar-refractivity contribution in [1.82, 2.24) is 0 Å². The van der Waals surface area contributed by atoms with E-state index < -0.39 is 0 Å². The highest BCUT2D eigenvalue weighted by Gasteiger charge is 2.08. The monoisotopic (exact) mass is 285 g/mol. The zero-order valence-corrected chi connectivity index (χ0v) is 11.0. The number of hydrogen-bond acceptors (Lipinski definition) is 2. The summed E-state index contributed by atoms with van der Waals surface area (Å²) in [5.41, 5.74) is 6.37. The number of benzene rings is 2. The molecule has 0 spiro atoms. The second-order valence-corrected chi connectivity index (χ2v) is 4.63. The van der Waals surface area contributed by atoms with E-state index in [9.17, 15) is 4.39 Å². The number of nitrogens with two attached hydrogens (primary N) is 1. The van der Waals surface area contributed by atoms with Crippen molar-refractivity contribution < 1.29 is 9.13 Å². The Morgan fingerprint density at radius 1 is 1.11 bits per heavy atom. The zero-order valence-electron chi connectivity index (χ0n) is 9.51. The Morgan fingerprint density at radius 2 is 1.83 bits per heavy atom. The average molecular weight is 286 g/mol. The van der Waals surface area contributed by atoms with Gasteiger partial charge in [-0.2, -0.15) is 0 Å². The van der Waals surface area contributed by atoms with Gasteiger partial charge in [0.05, 0.1) is 15.7 Å². The quantitative estimate of drug-likeness (QED) is 0.803. The van der Waals surface area contributed by atoms with Crippen LogP contribution in [-0.2, 0) is 0 Å². The molecule has 2 aromatic carbocycles. The SMILES string of the molecule is Cc1cc(Oc2ccc(Cl)c(Cl)c2)c(N)cc1F. The van der Waals surface area contributed by atoms with E-state index in [1.165, 1.54) is 12.1 Å². The summed E-state index contributed by atoms with van der Waals surface area (Å²) in [6.45, 7) is 1.64. The van der Waals surface area contributed by atoms with Crippen molar-refractivity contribution in [2.75, 3.05) is 5.73 Å². The Kier molecular flexibility index (Phi) is 3.64. The van der Waals surface area contributed by atoms with Gasteiger partial charge in [0.25, 0.3) is 0 Å². The van der Waals surface area contributed by atoms with Crippen LogP contribution in [0.5, 0.6) is 11.5 Å². The lowest BCUT2D eigenvalue weighted by Crippen LogP contribution is -1.95. The minimum atomic E-state index is -0.367. The number of rotatable bonds is 2. The van der Waals surface area contributed by atoms with Gasteiger partial charge in [-0.25, -0.2) is 4.39 Å². The van der Waals surface area contributed by atoms with Crippen molar-refractivity contribution >= 4 is 28.9 Å². The van der Waals surface area contributed by atoms with Crippen LogP contribution in [-0.4, -0.2) is 0 Å². The van der Waals surface area contributed by atoms with Gasteiger partial charge in [-0.3, -0.25) is 0 Å². The molecule has 0 radical (unpaired) electrons. The minimum absolute atomic E-state index is 0.226. The van der Waals surface area contributed by atoms with Crippen LogP contribution >= 0.6 is 23.2 Å². The van der Waals surface area contributed by atoms with E-state index in [1.807, 2.05) is 0 Å². The first-order chi connectivity index (χ1) is 8.47. The molecule has 94 valence electrons. The van der Waals surface area contributed by atoms with Crippen LogP contribution in [0.25, 0.3) is 0 Å². The van der Waals surface area contributed by atoms with Crippen LogP contribution in [0.3, 0.4) is 0 Å². The predicted octanol–water partition coefficient (Wildman–Crippen LogP) is 4.82. The zero-order chi connectivity index (χ0) is 13.3. The standard InChI is InChI=1S/C13H10Cl2FNO/c1-7-4-13(12(17)6-11(7)16)18-8-2-3-9(14)10(15)5-8/h2-6H,17H2,1H3. The largest absolute Gasteiger partial charge is 0.455 e. The Hall–Kier alpha value is -1.45.